The van der Waals surface area contributed by atoms with Gasteiger partial charge in [0.1, 0.15) is 5.60 Å². The number of nitrogens with one attached hydrogen (secondary N) is 1. The summed E-state index contributed by atoms with van der Waals surface area (Å²) in [6, 6.07) is 1.81. The van der Waals surface area contributed by atoms with E-state index in [-0.39, 0.29) is 6.09 Å². The molecule has 0 aliphatic carbocycles. The number of hydrogen-bond donors (Lipinski definition) is 1. The predicted molar refractivity (Wildman–Crippen MR) is 55.4 cm³/mol. The van der Waals surface area contributed by atoms with Crippen LogP contribution in [0.25, 0.3) is 0 Å². The Morgan fingerprint density at radius 1 is 1.50 bits per heavy atom. The first-order valence-corrected chi connectivity index (χ1v) is 4.49. The van der Waals surface area contributed by atoms with Crippen molar-refractivity contribution in [3.8, 4) is 0 Å². The minimum Gasteiger partial charge on any atom is -0.443 e. The molecule has 0 radical (unpaired) electrons. The number of ether oxygens (including phenoxy) is 1. The first kappa shape index (κ1) is 10.6. The molecule has 4 heteroatoms. The Labute approximate surface area is 83.9 Å². The average Bonchev–Trinajstić information content (AvgIpc) is 2.51. The van der Waals surface area contributed by atoms with Crippen LogP contribution in [-0.4, -0.2) is 23.7 Å². The summed E-state index contributed by atoms with van der Waals surface area (Å²) >= 11 is 0. The van der Waals surface area contributed by atoms with Gasteiger partial charge in [-0.2, -0.15) is 0 Å². The number of aromatic amines is 1. The van der Waals surface area contributed by atoms with E-state index in [4.69, 9.17) is 4.74 Å². The highest BCUT2D eigenvalue weighted by Gasteiger charge is 2.20. The third-order valence-corrected chi connectivity index (χ3v) is 1.64. The topological polar surface area (TPSA) is 45.3 Å². The number of amides is 1. The molecule has 0 unspecified atom stereocenters. The smallest absolute Gasteiger partial charge is 0.414 e. The van der Waals surface area contributed by atoms with E-state index in [2.05, 4.69) is 4.98 Å². The molecule has 14 heavy (non-hydrogen) atoms. The van der Waals surface area contributed by atoms with E-state index >= 15 is 0 Å². The van der Waals surface area contributed by atoms with E-state index in [9.17, 15) is 4.79 Å². The minimum atomic E-state index is -0.457. The van der Waals surface area contributed by atoms with Crippen molar-refractivity contribution in [2.45, 2.75) is 26.4 Å². The average molecular weight is 196 g/mol. The number of carbonyl (C=O) groups excluding carboxylic acids is 1. The summed E-state index contributed by atoms with van der Waals surface area (Å²) < 4.78 is 5.20. The summed E-state index contributed by atoms with van der Waals surface area (Å²) in [4.78, 5) is 15.9. The molecule has 1 heterocycles. The Morgan fingerprint density at radius 3 is 2.57 bits per heavy atom. The maximum Gasteiger partial charge on any atom is 0.414 e. The Bertz CT molecular complexity index is 298. The van der Waals surface area contributed by atoms with Crippen molar-refractivity contribution in [3.63, 3.8) is 0 Å². The summed E-state index contributed by atoms with van der Waals surface area (Å²) in [6.45, 7) is 5.53. The van der Waals surface area contributed by atoms with Crippen molar-refractivity contribution in [3.05, 3.63) is 18.5 Å². The second kappa shape index (κ2) is 3.74. The fraction of sp³-hybridized carbons (Fsp3) is 0.500. The molecule has 0 spiro atoms. The van der Waals surface area contributed by atoms with Crippen molar-refractivity contribution in [1.29, 1.82) is 0 Å². The van der Waals surface area contributed by atoms with Crippen molar-refractivity contribution >= 4 is 11.8 Å². The van der Waals surface area contributed by atoms with Gasteiger partial charge in [-0.15, -0.1) is 0 Å². The molecule has 0 bridgehead atoms. The van der Waals surface area contributed by atoms with E-state index in [0.29, 0.717) is 0 Å². The molecule has 0 saturated heterocycles. The van der Waals surface area contributed by atoms with Gasteiger partial charge in [-0.3, -0.25) is 4.90 Å². The van der Waals surface area contributed by atoms with Crippen molar-refractivity contribution in [1.82, 2.24) is 4.98 Å². The van der Waals surface area contributed by atoms with Gasteiger partial charge in [0, 0.05) is 19.4 Å². The van der Waals surface area contributed by atoms with E-state index in [1.807, 2.05) is 26.8 Å². The van der Waals surface area contributed by atoms with Gasteiger partial charge < -0.3 is 9.72 Å². The van der Waals surface area contributed by atoms with E-state index in [1.165, 1.54) is 4.90 Å². The summed E-state index contributed by atoms with van der Waals surface area (Å²) in [5.41, 5.74) is 0.334. The maximum absolute atomic E-state index is 11.5. The first-order valence-electron chi connectivity index (χ1n) is 4.49. The highest BCUT2D eigenvalue weighted by Crippen LogP contribution is 2.15. The Morgan fingerprint density at radius 2 is 2.14 bits per heavy atom. The largest absolute Gasteiger partial charge is 0.443 e. The van der Waals surface area contributed by atoms with Crippen LogP contribution in [-0.2, 0) is 4.74 Å². The van der Waals surface area contributed by atoms with Gasteiger partial charge in [0.2, 0.25) is 0 Å². The Hall–Kier alpha value is -1.45. The molecule has 0 saturated carbocycles. The maximum atomic E-state index is 11.5. The van der Waals surface area contributed by atoms with Gasteiger partial charge in [-0.1, -0.05) is 0 Å². The fourth-order valence-electron chi connectivity index (χ4n) is 0.960. The van der Waals surface area contributed by atoms with Crippen LogP contribution < -0.4 is 4.90 Å². The minimum absolute atomic E-state index is 0.350. The molecule has 1 N–H and O–H groups in total. The quantitative estimate of drug-likeness (QED) is 0.749. The van der Waals surface area contributed by atoms with Gasteiger partial charge >= 0.3 is 6.09 Å². The molecule has 0 aromatic carbocycles. The van der Waals surface area contributed by atoms with Gasteiger partial charge in [-0.05, 0) is 26.8 Å². The molecule has 1 rings (SSSR count). The predicted octanol–water partition coefficient (Wildman–Crippen LogP) is 2.39. The molecule has 0 fully saturated rings. The third-order valence-electron chi connectivity index (χ3n) is 1.64. The number of nitrogens with zero attached hydrogens (tertiary/aromatic N) is 1. The van der Waals surface area contributed by atoms with Crippen LogP contribution in [0, 0.1) is 0 Å². The normalized spacial score (nSPS) is 11.1. The molecule has 0 atom stereocenters. The van der Waals surface area contributed by atoms with Crippen LogP contribution in [0.15, 0.2) is 18.5 Å². The molecule has 78 valence electrons. The van der Waals surface area contributed by atoms with Gasteiger partial charge in [0.15, 0.2) is 0 Å². The Balaban J connectivity index is 2.63. The lowest BCUT2D eigenvalue weighted by molar-refractivity contribution is 0.0589. The fourth-order valence-corrected chi connectivity index (χ4v) is 0.960. The zero-order valence-corrected chi connectivity index (χ0v) is 9.00. The van der Waals surface area contributed by atoms with Gasteiger partial charge in [0.25, 0.3) is 0 Å². The molecule has 1 amide bonds. The van der Waals surface area contributed by atoms with Crippen LogP contribution in [0.2, 0.25) is 0 Å². The van der Waals surface area contributed by atoms with Crippen LogP contribution in [0.1, 0.15) is 20.8 Å². The van der Waals surface area contributed by atoms with E-state index in [0.717, 1.165) is 5.69 Å². The Kier molecular flexibility index (Phi) is 2.84. The SMILES string of the molecule is CN(C(=O)OC(C)(C)C)c1cc[nH]c1. The summed E-state index contributed by atoms with van der Waals surface area (Å²) in [6.07, 6.45) is 3.15. The standard InChI is InChI=1S/C10H16N2O2/c1-10(2,3)14-9(13)12(4)8-5-6-11-7-8/h5-7,11H,1-4H3. The number of rotatable bonds is 1. The number of hydrogen-bond acceptors (Lipinski definition) is 2. The summed E-state index contributed by atoms with van der Waals surface area (Å²) in [5, 5.41) is 0. The number of carbonyl (C=O) groups is 1. The molecule has 1 aromatic heterocycles. The lowest BCUT2D eigenvalue weighted by Crippen LogP contribution is -2.33. The van der Waals surface area contributed by atoms with E-state index < -0.39 is 5.60 Å². The monoisotopic (exact) mass is 196 g/mol. The zero-order valence-electron chi connectivity index (χ0n) is 9.00. The van der Waals surface area contributed by atoms with Crippen molar-refractivity contribution < 1.29 is 9.53 Å². The lowest BCUT2D eigenvalue weighted by Gasteiger charge is -2.23. The third kappa shape index (κ3) is 2.80. The highest BCUT2D eigenvalue weighted by atomic mass is 16.6. The first-order chi connectivity index (χ1) is 6.40. The number of anilines is 1. The molecule has 0 aliphatic heterocycles. The van der Waals surface area contributed by atoms with Crippen LogP contribution in [0.4, 0.5) is 10.5 Å². The second-order valence-electron chi connectivity index (χ2n) is 4.11. The molecular weight excluding hydrogens is 180 g/mol. The van der Waals surface area contributed by atoms with Crippen molar-refractivity contribution in [2.75, 3.05) is 11.9 Å². The molecule has 1 aromatic rings. The molecule has 4 nitrogen and oxygen atoms in total. The number of aromatic nitrogens is 1. The van der Waals surface area contributed by atoms with Crippen LogP contribution in [0.5, 0.6) is 0 Å². The molecular formula is C10H16N2O2. The summed E-state index contributed by atoms with van der Waals surface area (Å²) in [7, 11) is 1.68. The zero-order chi connectivity index (χ0) is 10.8. The highest BCUT2D eigenvalue weighted by molar-refractivity contribution is 5.86. The molecule has 0 aliphatic rings. The lowest BCUT2D eigenvalue weighted by atomic mass is 10.2. The number of H-pyrrole nitrogens is 1. The summed E-state index contributed by atoms with van der Waals surface area (Å²) in [5.74, 6) is 0. The van der Waals surface area contributed by atoms with Crippen molar-refractivity contribution in [2.24, 2.45) is 0 Å². The van der Waals surface area contributed by atoms with Crippen LogP contribution >= 0.6 is 0 Å². The van der Waals surface area contributed by atoms with E-state index in [1.54, 1.807) is 19.4 Å². The van der Waals surface area contributed by atoms with Crippen LogP contribution in [0.3, 0.4) is 0 Å². The van der Waals surface area contributed by atoms with Gasteiger partial charge in [0.05, 0.1) is 5.69 Å². The second-order valence-corrected chi connectivity index (χ2v) is 4.11. The van der Waals surface area contributed by atoms with Gasteiger partial charge in [-0.25, -0.2) is 4.79 Å².